The van der Waals surface area contributed by atoms with Crippen LogP contribution in [0.3, 0.4) is 0 Å². The molecule has 7 nitrogen and oxygen atoms in total. The van der Waals surface area contributed by atoms with Crippen molar-refractivity contribution < 1.29 is 0 Å². The second-order valence-electron chi connectivity index (χ2n) is 5.92. The second-order valence-corrected chi connectivity index (χ2v) is 5.92. The van der Waals surface area contributed by atoms with E-state index in [1.165, 1.54) is 5.69 Å². The number of nitrogens with zero attached hydrogens (tertiary/aromatic N) is 5. The number of hydrogen-bond donors (Lipinski definition) is 2. The first-order chi connectivity index (χ1) is 11.7. The van der Waals surface area contributed by atoms with Crippen molar-refractivity contribution in [2.24, 2.45) is 4.99 Å². The van der Waals surface area contributed by atoms with Crippen molar-refractivity contribution in [1.29, 1.82) is 0 Å². The Morgan fingerprint density at radius 2 is 2.25 bits per heavy atom. The van der Waals surface area contributed by atoms with Crippen LogP contribution in [-0.2, 0) is 6.54 Å². The van der Waals surface area contributed by atoms with E-state index in [2.05, 4.69) is 33.4 Å². The monoisotopic (exact) mass is 321 g/mol. The van der Waals surface area contributed by atoms with Crippen LogP contribution in [0.25, 0.3) is 22.9 Å². The lowest BCUT2D eigenvalue weighted by atomic mass is 10.0. The SMILES string of the molecule is CCn1c(-c2nc(-c3ccc[nH]3)cnc2N)nc2c1C(C)CN=C2. The zero-order chi connectivity index (χ0) is 16.7. The van der Waals surface area contributed by atoms with Gasteiger partial charge in [-0.3, -0.25) is 4.99 Å². The van der Waals surface area contributed by atoms with Crippen molar-refractivity contribution in [3.63, 3.8) is 0 Å². The Kier molecular flexibility index (Phi) is 3.41. The standard InChI is InChI=1S/C17H19N7/c1-3-24-15-10(2)7-19-8-13(15)23-17(24)14-16(18)21-9-12(22-14)11-5-4-6-20-11/h4-6,8-10,20H,3,7H2,1-2H3,(H2,18,21). The van der Waals surface area contributed by atoms with Crippen molar-refractivity contribution in [2.45, 2.75) is 26.3 Å². The molecule has 4 heterocycles. The van der Waals surface area contributed by atoms with Crippen LogP contribution >= 0.6 is 0 Å². The molecular formula is C17H19N7. The topological polar surface area (TPSA) is 97.8 Å². The molecule has 1 aliphatic rings. The molecule has 0 saturated carbocycles. The van der Waals surface area contributed by atoms with Gasteiger partial charge < -0.3 is 15.3 Å². The molecule has 0 aromatic carbocycles. The van der Waals surface area contributed by atoms with Gasteiger partial charge in [-0.05, 0) is 19.1 Å². The Hall–Kier alpha value is -2.96. The summed E-state index contributed by atoms with van der Waals surface area (Å²) in [6.45, 7) is 5.84. The fraction of sp³-hybridized carbons (Fsp3) is 0.294. The smallest absolute Gasteiger partial charge is 0.163 e. The molecule has 3 aromatic heterocycles. The third kappa shape index (κ3) is 2.20. The number of H-pyrrole nitrogens is 1. The van der Waals surface area contributed by atoms with Crippen LogP contribution in [0.15, 0.2) is 29.5 Å². The number of fused-ring (bicyclic) bond motifs is 1. The summed E-state index contributed by atoms with van der Waals surface area (Å²) in [6, 6.07) is 3.88. The van der Waals surface area contributed by atoms with Crippen molar-refractivity contribution in [1.82, 2.24) is 24.5 Å². The summed E-state index contributed by atoms with van der Waals surface area (Å²) in [5, 5.41) is 0. The molecule has 4 rings (SSSR count). The summed E-state index contributed by atoms with van der Waals surface area (Å²) in [5.74, 6) is 1.46. The predicted molar refractivity (Wildman–Crippen MR) is 94.0 cm³/mol. The molecule has 1 aliphatic heterocycles. The van der Waals surface area contributed by atoms with Crippen LogP contribution in [0, 0.1) is 0 Å². The number of rotatable bonds is 3. The molecule has 7 heteroatoms. The van der Waals surface area contributed by atoms with Crippen molar-refractivity contribution in [3.8, 4) is 22.9 Å². The Labute approximate surface area is 139 Å². The average molecular weight is 321 g/mol. The van der Waals surface area contributed by atoms with Crippen molar-refractivity contribution in [3.05, 3.63) is 35.9 Å². The number of aromatic nitrogens is 5. The molecule has 0 amide bonds. The lowest BCUT2D eigenvalue weighted by Crippen LogP contribution is -2.13. The van der Waals surface area contributed by atoms with Gasteiger partial charge in [0.05, 0.1) is 17.6 Å². The second kappa shape index (κ2) is 5.59. The van der Waals surface area contributed by atoms with E-state index in [-0.39, 0.29) is 0 Å². The van der Waals surface area contributed by atoms with Gasteiger partial charge in [-0.15, -0.1) is 0 Å². The van der Waals surface area contributed by atoms with Crippen LogP contribution < -0.4 is 5.73 Å². The van der Waals surface area contributed by atoms with E-state index < -0.39 is 0 Å². The van der Waals surface area contributed by atoms with E-state index in [1.54, 1.807) is 6.20 Å². The minimum Gasteiger partial charge on any atom is -0.382 e. The Bertz CT molecular complexity index is 905. The fourth-order valence-electron chi connectivity index (χ4n) is 3.16. The van der Waals surface area contributed by atoms with Crippen LogP contribution in [-0.4, -0.2) is 37.3 Å². The first-order valence-electron chi connectivity index (χ1n) is 8.06. The summed E-state index contributed by atoms with van der Waals surface area (Å²) in [6.07, 6.45) is 5.37. The number of hydrogen-bond acceptors (Lipinski definition) is 5. The number of nitrogens with one attached hydrogen (secondary N) is 1. The number of nitrogen functional groups attached to an aromatic ring is 1. The molecule has 3 N–H and O–H groups in total. The lowest BCUT2D eigenvalue weighted by Gasteiger charge is -2.17. The number of aliphatic imine (C=N–C) groups is 1. The highest BCUT2D eigenvalue weighted by molar-refractivity contribution is 5.82. The van der Waals surface area contributed by atoms with E-state index in [1.807, 2.05) is 24.5 Å². The van der Waals surface area contributed by atoms with Gasteiger partial charge in [0.25, 0.3) is 0 Å². The molecule has 122 valence electrons. The molecule has 0 aliphatic carbocycles. The highest BCUT2D eigenvalue weighted by atomic mass is 15.1. The molecule has 0 bridgehead atoms. The molecular weight excluding hydrogens is 302 g/mol. The molecule has 24 heavy (non-hydrogen) atoms. The fourth-order valence-corrected chi connectivity index (χ4v) is 3.16. The minimum absolute atomic E-state index is 0.326. The van der Waals surface area contributed by atoms with E-state index in [0.29, 0.717) is 17.4 Å². The quantitative estimate of drug-likeness (QED) is 0.774. The zero-order valence-electron chi connectivity index (χ0n) is 13.7. The largest absolute Gasteiger partial charge is 0.382 e. The molecule has 0 spiro atoms. The highest BCUT2D eigenvalue weighted by Crippen LogP contribution is 2.31. The van der Waals surface area contributed by atoms with E-state index in [9.17, 15) is 0 Å². The Balaban J connectivity index is 1.91. The summed E-state index contributed by atoms with van der Waals surface area (Å²) >= 11 is 0. The summed E-state index contributed by atoms with van der Waals surface area (Å²) in [4.78, 5) is 21.3. The number of imidazole rings is 1. The van der Waals surface area contributed by atoms with E-state index in [0.717, 1.165) is 36.0 Å². The first-order valence-corrected chi connectivity index (χ1v) is 8.06. The van der Waals surface area contributed by atoms with Crippen LogP contribution in [0.1, 0.15) is 31.2 Å². The van der Waals surface area contributed by atoms with Crippen LogP contribution in [0.2, 0.25) is 0 Å². The average Bonchev–Trinajstić information content (AvgIpc) is 3.23. The third-order valence-electron chi connectivity index (χ3n) is 4.30. The normalized spacial score (nSPS) is 16.3. The zero-order valence-corrected chi connectivity index (χ0v) is 13.7. The van der Waals surface area contributed by atoms with Gasteiger partial charge in [0.15, 0.2) is 11.6 Å². The summed E-state index contributed by atoms with van der Waals surface area (Å²) in [5.41, 5.74) is 10.5. The molecule has 0 saturated heterocycles. The molecule has 1 unspecified atom stereocenters. The van der Waals surface area contributed by atoms with Gasteiger partial charge in [0.1, 0.15) is 17.1 Å². The van der Waals surface area contributed by atoms with E-state index in [4.69, 9.17) is 15.7 Å². The molecule has 1 atom stereocenters. The van der Waals surface area contributed by atoms with E-state index >= 15 is 0 Å². The van der Waals surface area contributed by atoms with Crippen LogP contribution in [0.4, 0.5) is 5.82 Å². The van der Waals surface area contributed by atoms with Gasteiger partial charge >= 0.3 is 0 Å². The molecule has 3 aromatic rings. The molecule has 0 fully saturated rings. The molecule has 0 radical (unpaired) electrons. The number of anilines is 1. The predicted octanol–water partition coefficient (Wildman–Crippen LogP) is 2.47. The first kappa shape index (κ1) is 14.6. The Morgan fingerprint density at radius 1 is 1.38 bits per heavy atom. The maximum Gasteiger partial charge on any atom is 0.163 e. The maximum absolute atomic E-state index is 6.12. The highest BCUT2D eigenvalue weighted by Gasteiger charge is 2.25. The maximum atomic E-state index is 6.12. The lowest BCUT2D eigenvalue weighted by molar-refractivity contribution is 0.645. The van der Waals surface area contributed by atoms with Crippen molar-refractivity contribution >= 4 is 12.0 Å². The van der Waals surface area contributed by atoms with Crippen LogP contribution in [0.5, 0.6) is 0 Å². The van der Waals surface area contributed by atoms with Gasteiger partial charge in [-0.2, -0.15) is 0 Å². The van der Waals surface area contributed by atoms with Crippen molar-refractivity contribution in [2.75, 3.05) is 12.3 Å². The number of aromatic amines is 1. The third-order valence-corrected chi connectivity index (χ3v) is 4.30. The number of nitrogens with two attached hydrogens (primary N) is 1. The summed E-state index contributed by atoms with van der Waals surface area (Å²) in [7, 11) is 0. The minimum atomic E-state index is 0.326. The van der Waals surface area contributed by atoms with Gasteiger partial charge in [0, 0.05) is 31.4 Å². The van der Waals surface area contributed by atoms with Gasteiger partial charge in [-0.25, -0.2) is 15.0 Å². The van der Waals surface area contributed by atoms with Gasteiger partial charge in [0.2, 0.25) is 0 Å². The Morgan fingerprint density at radius 3 is 3.00 bits per heavy atom. The summed E-state index contributed by atoms with van der Waals surface area (Å²) < 4.78 is 2.17. The van der Waals surface area contributed by atoms with Gasteiger partial charge in [-0.1, -0.05) is 6.92 Å².